The molecule has 0 spiro atoms. The van der Waals surface area contributed by atoms with Gasteiger partial charge >= 0.3 is 0 Å². The molecule has 0 unspecified atom stereocenters. The number of hydrogen-bond donors (Lipinski definition) is 4. The number of carbonyl (C=O) groups excluding carboxylic acids is 5. The Hall–Kier alpha value is -2.10. The smallest absolute Gasteiger partial charge is 0.289 e. The quantitative estimate of drug-likeness (QED) is 0.334. The summed E-state index contributed by atoms with van der Waals surface area (Å²) in [5, 5.41) is 9.79. The molecule has 4 amide bonds. The van der Waals surface area contributed by atoms with Crippen LogP contribution < -0.4 is 21.3 Å². The molecule has 1 saturated carbocycles. The maximum absolute atomic E-state index is 12.2. The highest BCUT2D eigenvalue weighted by Crippen LogP contribution is 2.18. The lowest BCUT2D eigenvalue weighted by atomic mass is 10.0. The van der Waals surface area contributed by atoms with Crippen molar-refractivity contribution < 1.29 is 29.7 Å². The zero-order valence-corrected chi connectivity index (χ0v) is 21.4. The van der Waals surface area contributed by atoms with Gasteiger partial charge in [0, 0.05) is 18.7 Å². The molecule has 0 bridgehead atoms. The number of amides is 4. The molecule has 1 aliphatic rings. The normalized spacial score (nSPS) is 12.8. The van der Waals surface area contributed by atoms with Gasteiger partial charge in [-0.3, -0.25) is 24.0 Å². The van der Waals surface area contributed by atoms with Gasteiger partial charge in [0.2, 0.25) is 23.5 Å². The Bertz CT molecular complexity index is 611. The highest BCUT2D eigenvalue weighted by atomic mass is 32.2. The monoisotopic (exact) mass is 482 g/mol. The fourth-order valence-electron chi connectivity index (χ4n) is 2.02. The van der Waals surface area contributed by atoms with Gasteiger partial charge in [-0.05, 0) is 37.2 Å². The van der Waals surface area contributed by atoms with E-state index in [0.717, 1.165) is 12.8 Å². The third kappa shape index (κ3) is 19.8. The van der Waals surface area contributed by atoms with Crippen molar-refractivity contribution in [3.05, 3.63) is 0 Å². The molecule has 0 aliphatic heterocycles. The molecule has 4 N–H and O–H groups in total. The van der Waals surface area contributed by atoms with Crippen molar-refractivity contribution in [3.8, 4) is 0 Å². The van der Waals surface area contributed by atoms with Crippen LogP contribution in [0.15, 0.2) is 0 Å². The Morgan fingerprint density at radius 3 is 1.94 bits per heavy atom. The average molecular weight is 483 g/mol. The number of carbonyl (C=O) groups is 5. The Morgan fingerprint density at radius 1 is 1.00 bits per heavy atom. The molecular formula is C22H50N4O5S. The van der Waals surface area contributed by atoms with E-state index < -0.39 is 36.1 Å². The molecule has 1 atom stereocenters. The van der Waals surface area contributed by atoms with E-state index in [1.54, 1.807) is 0 Å². The minimum Gasteiger partial charge on any atom is -0.347 e. The number of rotatable bonds is 11. The third-order valence-corrected chi connectivity index (χ3v) is 4.31. The number of nitrogens with one attached hydrogen (secondary N) is 4. The minimum atomic E-state index is -0.847. The molecule has 0 aromatic heterocycles. The molecule has 0 aromatic carbocycles. The van der Waals surface area contributed by atoms with E-state index in [4.69, 9.17) is 0 Å². The van der Waals surface area contributed by atoms with Gasteiger partial charge in [-0.25, -0.2) is 0 Å². The van der Waals surface area contributed by atoms with E-state index in [1.807, 2.05) is 25.6 Å². The summed E-state index contributed by atoms with van der Waals surface area (Å²) in [5.74, 6) is -1.49. The number of thioether (sulfide) groups is 1. The SMILES string of the molecule is CC(=O)NCC(=O)N[C@@H](CC(C)C)C(=O)NCC(=O)C(=O)NC1CC1.CCC.CCSC.[HH].[HH].[HH].[HH]. The number of hydrogen-bond acceptors (Lipinski definition) is 6. The second-order valence-electron chi connectivity index (χ2n) is 7.83. The summed E-state index contributed by atoms with van der Waals surface area (Å²) >= 11 is 1.86. The first kappa shape index (κ1) is 32.1. The fourth-order valence-corrected chi connectivity index (χ4v) is 2.02. The second kappa shape index (κ2) is 19.6. The Balaban J connectivity index is -0.000000182. The van der Waals surface area contributed by atoms with Gasteiger partial charge < -0.3 is 21.3 Å². The van der Waals surface area contributed by atoms with Crippen LogP contribution in [0.2, 0.25) is 0 Å². The summed E-state index contributed by atoms with van der Waals surface area (Å²) in [6.07, 6.45) is 5.43. The molecular weight excluding hydrogens is 432 g/mol. The Labute approximate surface area is 202 Å². The molecule has 10 heteroatoms. The van der Waals surface area contributed by atoms with Crippen LogP contribution >= 0.6 is 11.8 Å². The second-order valence-corrected chi connectivity index (χ2v) is 8.99. The molecule has 9 nitrogen and oxygen atoms in total. The van der Waals surface area contributed by atoms with Gasteiger partial charge in [-0.2, -0.15) is 11.8 Å². The number of Topliss-reactive ketones (excluding diaryl/α,β-unsaturated/α-hetero) is 1. The molecule has 0 saturated heterocycles. The highest BCUT2D eigenvalue weighted by Gasteiger charge is 2.27. The van der Waals surface area contributed by atoms with Crippen molar-refractivity contribution >= 4 is 41.2 Å². The lowest BCUT2D eigenvalue weighted by Gasteiger charge is -2.20. The standard InChI is InChI=1S/C16H26N4O5.C3H8S.C3H8.4H2/c1-9(2)6-12(20-14(23)8-17-10(3)21)15(24)18-7-13(22)16(25)19-11-4-5-11;1-3-4-2;1-3-2;;;;/h9,11-12H,4-8H2,1-3H3,(H,17,21)(H,18,24)(H,19,25)(H,20,23);3H2,1-2H3;3H2,1-2H3;4*1H/t12-;;;;;;/m0....../s1. The minimum absolute atomic E-state index is 0. The van der Waals surface area contributed by atoms with E-state index in [-0.39, 0.29) is 30.1 Å². The van der Waals surface area contributed by atoms with E-state index in [9.17, 15) is 24.0 Å². The van der Waals surface area contributed by atoms with Gasteiger partial charge in [0.05, 0.1) is 13.1 Å². The van der Waals surface area contributed by atoms with Crippen LogP contribution in [-0.4, -0.2) is 66.6 Å². The lowest BCUT2D eigenvalue weighted by Crippen LogP contribution is -2.51. The maximum atomic E-state index is 12.2. The first-order valence-corrected chi connectivity index (χ1v) is 12.6. The van der Waals surface area contributed by atoms with Gasteiger partial charge in [0.15, 0.2) is 0 Å². The topological polar surface area (TPSA) is 133 Å². The van der Waals surface area contributed by atoms with E-state index in [2.05, 4.69) is 48.3 Å². The molecule has 32 heavy (non-hydrogen) atoms. The van der Waals surface area contributed by atoms with E-state index >= 15 is 0 Å². The summed E-state index contributed by atoms with van der Waals surface area (Å²) in [6.45, 7) is 10.8. The predicted octanol–water partition coefficient (Wildman–Crippen LogP) is 2.39. The highest BCUT2D eigenvalue weighted by molar-refractivity contribution is 7.98. The fraction of sp³-hybridized carbons (Fsp3) is 0.773. The Kier molecular flexibility index (Phi) is 19.6. The van der Waals surface area contributed by atoms with Crippen molar-refractivity contribution in [1.82, 2.24) is 21.3 Å². The predicted molar refractivity (Wildman–Crippen MR) is 138 cm³/mol. The van der Waals surface area contributed by atoms with E-state index in [1.165, 1.54) is 19.1 Å². The van der Waals surface area contributed by atoms with Crippen LogP contribution in [0.3, 0.4) is 0 Å². The molecule has 0 heterocycles. The largest absolute Gasteiger partial charge is 0.347 e. The Morgan fingerprint density at radius 2 is 1.53 bits per heavy atom. The van der Waals surface area contributed by atoms with Crippen LogP contribution in [0.5, 0.6) is 0 Å². The molecule has 1 fully saturated rings. The summed E-state index contributed by atoms with van der Waals surface area (Å²) < 4.78 is 0. The third-order valence-electron chi connectivity index (χ3n) is 3.73. The summed E-state index contributed by atoms with van der Waals surface area (Å²) in [6, 6.07) is -0.783. The van der Waals surface area contributed by atoms with Crippen molar-refractivity contribution in [1.29, 1.82) is 0 Å². The summed E-state index contributed by atoms with van der Waals surface area (Å²) in [7, 11) is 0. The van der Waals surface area contributed by atoms with Gasteiger partial charge in [0.1, 0.15) is 6.04 Å². The van der Waals surface area contributed by atoms with E-state index in [0.29, 0.717) is 6.42 Å². The zero-order valence-electron chi connectivity index (χ0n) is 20.6. The molecule has 1 aliphatic carbocycles. The van der Waals surface area contributed by atoms with Crippen molar-refractivity contribution in [3.63, 3.8) is 0 Å². The van der Waals surface area contributed by atoms with Gasteiger partial charge in [0.25, 0.3) is 5.91 Å². The van der Waals surface area contributed by atoms with Crippen LogP contribution in [0.25, 0.3) is 0 Å². The number of ketones is 1. The molecule has 0 radical (unpaired) electrons. The van der Waals surface area contributed by atoms with Crippen LogP contribution in [0.1, 0.15) is 72.9 Å². The molecule has 194 valence electrons. The maximum Gasteiger partial charge on any atom is 0.289 e. The van der Waals surface area contributed by atoms with Crippen LogP contribution in [0.4, 0.5) is 0 Å². The average Bonchev–Trinajstić information content (AvgIpc) is 3.54. The molecule has 1 rings (SSSR count). The lowest BCUT2D eigenvalue weighted by molar-refractivity contribution is -0.138. The van der Waals surface area contributed by atoms with Crippen molar-refractivity contribution in [2.75, 3.05) is 25.1 Å². The van der Waals surface area contributed by atoms with Crippen LogP contribution in [-0.2, 0) is 24.0 Å². The zero-order chi connectivity index (χ0) is 25.1. The van der Waals surface area contributed by atoms with Crippen molar-refractivity contribution in [2.45, 2.75) is 79.3 Å². The van der Waals surface area contributed by atoms with Gasteiger partial charge in [-0.15, -0.1) is 0 Å². The first-order chi connectivity index (χ1) is 15.0. The summed E-state index contributed by atoms with van der Waals surface area (Å²) in [4.78, 5) is 58.1. The van der Waals surface area contributed by atoms with Crippen LogP contribution in [0, 0.1) is 5.92 Å². The summed E-state index contributed by atoms with van der Waals surface area (Å²) in [5.41, 5.74) is 0. The molecule has 0 aromatic rings. The van der Waals surface area contributed by atoms with Crippen molar-refractivity contribution in [2.24, 2.45) is 5.92 Å². The van der Waals surface area contributed by atoms with Gasteiger partial charge in [-0.1, -0.05) is 41.0 Å². The first-order valence-electron chi connectivity index (χ1n) is 11.2.